The highest BCUT2D eigenvalue weighted by molar-refractivity contribution is 5.73. The Morgan fingerprint density at radius 2 is 2.11 bits per heavy atom. The molecule has 4 nitrogen and oxygen atoms in total. The maximum absolute atomic E-state index is 11.3. The van der Waals surface area contributed by atoms with Gasteiger partial charge in [0.05, 0.1) is 6.07 Å². The number of carbonyl (C=O) groups is 1. The molecule has 19 heavy (non-hydrogen) atoms. The van der Waals surface area contributed by atoms with E-state index in [0.717, 1.165) is 5.56 Å². The molecule has 0 spiro atoms. The minimum absolute atomic E-state index is 0.460. The van der Waals surface area contributed by atoms with Gasteiger partial charge in [0.25, 0.3) is 0 Å². The topological polar surface area (TPSA) is 64.3 Å². The van der Waals surface area contributed by atoms with Crippen molar-refractivity contribution in [2.45, 2.75) is 38.8 Å². The van der Waals surface area contributed by atoms with Gasteiger partial charge in [-0.2, -0.15) is 5.26 Å². The van der Waals surface area contributed by atoms with E-state index in [1.165, 1.54) is 0 Å². The van der Waals surface area contributed by atoms with Crippen LogP contribution in [0.3, 0.4) is 0 Å². The van der Waals surface area contributed by atoms with Crippen LogP contribution < -0.4 is 0 Å². The third kappa shape index (κ3) is 5.11. The third-order valence-electron chi connectivity index (χ3n) is 3.07. The largest absolute Gasteiger partial charge is 0.480 e. The zero-order valence-electron chi connectivity index (χ0n) is 11.2. The highest BCUT2D eigenvalue weighted by Gasteiger charge is 2.23. The summed E-state index contributed by atoms with van der Waals surface area (Å²) in [6.07, 6.45) is 1.73. The van der Waals surface area contributed by atoms with Crippen LogP contribution in [0.2, 0.25) is 0 Å². The van der Waals surface area contributed by atoms with E-state index in [-0.39, 0.29) is 0 Å². The molecule has 0 heterocycles. The number of nitrogens with zero attached hydrogens (tertiary/aromatic N) is 2. The first-order chi connectivity index (χ1) is 9.19. The van der Waals surface area contributed by atoms with Gasteiger partial charge in [0.1, 0.15) is 6.04 Å². The van der Waals surface area contributed by atoms with E-state index in [4.69, 9.17) is 5.26 Å². The van der Waals surface area contributed by atoms with Gasteiger partial charge < -0.3 is 5.11 Å². The molecule has 1 aromatic rings. The second kappa shape index (κ2) is 8.28. The molecule has 0 saturated carbocycles. The summed E-state index contributed by atoms with van der Waals surface area (Å²) in [7, 11) is 0. The zero-order valence-corrected chi connectivity index (χ0v) is 11.2. The maximum Gasteiger partial charge on any atom is 0.320 e. The van der Waals surface area contributed by atoms with Crippen molar-refractivity contribution in [1.82, 2.24) is 4.90 Å². The Morgan fingerprint density at radius 1 is 1.42 bits per heavy atom. The van der Waals surface area contributed by atoms with Gasteiger partial charge in [-0.1, -0.05) is 37.3 Å². The van der Waals surface area contributed by atoms with Crippen LogP contribution in [0.25, 0.3) is 0 Å². The van der Waals surface area contributed by atoms with E-state index in [1.807, 2.05) is 42.2 Å². The number of unbranched alkanes of at least 4 members (excludes halogenated alkanes) is 1. The first-order valence-corrected chi connectivity index (χ1v) is 6.56. The van der Waals surface area contributed by atoms with Gasteiger partial charge >= 0.3 is 5.97 Å². The Kier molecular flexibility index (Phi) is 6.62. The van der Waals surface area contributed by atoms with Crippen LogP contribution in [0.1, 0.15) is 31.7 Å². The Bertz CT molecular complexity index is 426. The van der Waals surface area contributed by atoms with Crippen LogP contribution >= 0.6 is 0 Å². The lowest BCUT2D eigenvalue weighted by atomic mass is 10.1. The number of aliphatic carboxylic acids is 1. The summed E-state index contributed by atoms with van der Waals surface area (Å²) in [4.78, 5) is 13.2. The van der Waals surface area contributed by atoms with Crippen LogP contribution in [-0.2, 0) is 11.3 Å². The zero-order chi connectivity index (χ0) is 14.1. The quantitative estimate of drug-likeness (QED) is 0.730. The van der Waals surface area contributed by atoms with E-state index in [1.54, 1.807) is 0 Å². The lowest BCUT2D eigenvalue weighted by Crippen LogP contribution is -2.40. The SMILES string of the molecule is CCC(C(=O)O)N(CCCC#N)Cc1ccccc1. The summed E-state index contributed by atoms with van der Waals surface area (Å²) in [6, 6.07) is 11.4. The maximum atomic E-state index is 11.3. The number of rotatable bonds is 8. The summed E-state index contributed by atoms with van der Waals surface area (Å²) in [5.41, 5.74) is 1.10. The van der Waals surface area contributed by atoms with Crippen molar-refractivity contribution in [3.05, 3.63) is 35.9 Å². The molecule has 1 N–H and O–H groups in total. The Hall–Kier alpha value is -1.86. The molecule has 0 aliphatic rings. The van der Waals surface area contributed by atoms with Crippen molar-refractivity contribution in [1.29, 1.82) is 5.26 Å². The number of hydrogen-bond donors (Lipinski definition) is 1. The standard InChI is InChI=1S/C15H20N2O2/c1-2-14(15(18)19)17(11-7-6-10-16)12-13-8-4-3-5-9-13/h3-5,8-9,14H,2,6-7,11-12H2,1H3,(H,18,19). The Morgan fingerprint density at radius 3 is 2.63 bits per heavy atom. The number of hydrogen-bond acceptors (Lipinski definition) is 3. The molecule has 0 amide bonds. The number of carboxylic acids is 1. The Balaban J connectivity index is 2.73. The first-order valence-electron chi connectivity index (χ1n) is 6.56. The van der Waals surface area contributed by atoms with Gasteiger partial charge in [0.15, 0.2) is 0 Å². The Labute approximate surface area is 114 Å². The molecule has 1 unspecified atom stereocenters. The lowest BCUT2D eigenvalue weighted by molar-refractivity contribution is -0.143. The second-order valence-corrected chi connectivity index (χ2v) is 4.48. The van der Waals surface area contributed by atoms with Gasteiger partial charge in [0.2, 0.25) is 0 Å². The molecule has 0 radical (unpaired) electrons. The molecule has 1 rings (SSSR count). The minimum atomic E-state index is -0.796. The molecular formula is C15H20N2O2. The van der Waals surface area contributed by atoms with E-state index in [9.17, 15) is 9.90 Å². The van der Waals surface area contributed by atoms with Gasteiger partial charge in [0, 0.05) is 19.5 Å². The van der Waals surface area contributed by atoms with E-state index >= 15 is 0 Å². The number of nitriles is 1. The van der Waals surface area contributed by atoms with E-state index in [2.05, 4.69) is 6.07 Å². The summed E-state index contributed by atoms with van der Waals surface area (Å²) in [5.74, 6) is -0.796. The number of benzene rings is 1. The lowest BCUT2D eigenvalue weighted by Gasteiger charge is -2.28. The van der Waals surface area contributed by atoms with Crippen LogP contribution in [0.5, 0.6) is 0 Å². The fourth-order valence-electron chi connectivity index (χ4n) is 2.11. The van der Waals surface area contributed by atoms with Gasteiger partial charge in [-0.25, -0.2) is 0 Å². The molecule has 4 heteroatoms. The van der Waals surface area contributed by atoms with Crippen LogP contribution in [-0.4, -0.2) is 28.6 Å². The smallest absolute Gasteiger partial charge is 0.320 e. The summed E-state index contributed by atoms with van der Waals surface area (Å²) in [6.45, 7) is 3.12. The predicted molar refractivity (Wildman–Crippen MR) is 73.4 cm³/mol. The van der Waals surface area contributed by atoms with Gasteiger partial charge in [-0.15, -0.1) is 0 Å². The fraction of sp³-hybridized carbons (Fsp3) is 0.467. The predicted octanol–water partition coefficient (Wildman–Crippen LogP) is 2.66. The van der Waals surface area contributed by atoms with Crippen molar-refractivity contribution in [3.8, 4) is 6.07 Å². The van der Waals surface area contributed by atoms with Gasteiger partial charge in [-0.05, 0) is 18.4 Å². The molecule has 0 aliphatic heterocycles. The third-order valence-corrected chi connectivity index (χ3v) is 3.07. The van der Waals surface area contributed by atoms with Crippen LogP contribution in [0.15, 0.2) is 30.3 Å². The van der Waals surface area contributed by atoms with E-state index in [0.29, 0.717) is 32.4 Å². The van der Waals surface area contributed by atoms with Gasteiger partial charge in [-0.3, -0.25) is 9.69 Å². The van der Waals surface area contributed by atoms with Crippen LogP contribution in [0, 0.1) is 11.3 Å². The monoisotopic (exact) mass is 260 g/mol. The van der Waals surface area contributed by atoms with Crippen molar-refractivity contribution < 1.29 is 9.90 Å². The molecule has 0 fully saturated rings. The highest BCUT2D eigenvalue weighted by atomic mass is 16.4. The van der Waals surface area contributed by atoms with Crippen molar-refractivity contribution in [2.24, 2.45) is 0 Å². The molecule has 1 aromatic carbocycles. The fourth-order valence-corrected chi connectivity index (χ4v) is 2.11. The van der Waals surface area contributed by atoms with Crippen molar-refractivity contribution >= 4 is 5.97 Å². The molecule has 0 aliphatic carbocycles. The molecular weight excluding hydrogens is 240 g/mol. The average Bonchev–Trinajstić information content (AvgIpc) is 2.40. The molecule has 0 bridgehead atoms. The normalized spacial score (nSPS) is 12.1. The molecule has 0 aromatic heterocycles. The average molecular weight is 260 g/mol. The van der Waals surface area contributed by atoms with E-state index < -0.39 is 12.0 Å². The second-order valence-electron chi connectivity index (χ2n) is 4.48. The molecule has 102 valence electrons. The van der Waals surface area contributed by atoms with Crippen molar-refractivity contribution in [2.75, 3.05) is 6.54 Å². The summed E-state index contributed by atoms with van der Waals surface area (Å²) >= 11 is 0. The van der Waals surface area contributed by atoms with Crippen molar-refractivity contribution in [3.63, 3.8) is 0 Å². The van der Waals surface area contributed by atoms with Crippen LogP contribution in [0.4, 0.5) is 0 Å². The molecule has 1 atom stereocenters. The molecule has 0 saturated heterocycles. The first kappa shape index (κ1) is 15.2. The summed E-state index contributed by atoms with van der Waals surface area (Å²) < 4.78 is 0. The highest BCUT2D eigenvalue weighted by Crippen LogP contribution is 2.12. The summed E-state index contributed by atoms with van der Waals surface area (Å²) in [5, 5.41) is 17.9. The number of carboxylic acid groups (broad SMARTS) is 1. The minimum Gasteiger partial charge on any atom is -0.480 e.